The van der Waals surface area contributed by atoms with Crippen LogP contribution in [0.3, 0.4) is 0 Å². The summed E-state index contributed by atoms with van der Waals surface area (Å²) >= 11 is 0. The lowest BCUT2D eigenvalue weighted by Crippen LogP contribution is -2.07. The summed E-state index contributed by atoms with van der Waals surface area (Å²) in [5.41, 5.74) is -0.309. The first-order chi connectivity index (χ1) is 7.99. The molecule has 1 aromatic carbocycles. The van der Waals surface area contributed by atoms with E-state index in [2.05, 4.69) is 8.92 Å². The van der Waals surface area contributed by atoms with Crippen molar-refractivity contribution in [2.45, 2.75) is 4.90 Å². The van der Waals surface area contributed by atoms with E-state index in [4.69, 9.17) is 0 Å². The Kier molecular flexibility index (Phi) is 2.82. The average molecular weight is 257 g/mol. The number of hydrogen-bond donors (Lipinski definition) is 0. The third kappa shape index (κ3) is 2.80. The Morgan fingerprint density at radius 3 is 2.71 bits per heavy atom. The van der Waals surface area contributed by atoms with Crippen molar-refractivity contribution in [2.24, 2.45) is 0 Å². The van der Waals surface area contributed by atoms with Crippen molar-refractivity contribution in [1.29, 1.82) is 0 Å². The van der Waals surface area contributed by atoms with E-state index in [0.29, 0.717) is 5.76 Å². The predicted octanol–water partition coefficient (Wildman–Crippen LogP) is 1.17. The molecule has 8 heteroatoms. The summed E-state index contributed by atoms with van der Waals surface area (Å²) in [7, 11) is -4.00. The number of benzene rings is 1. The Hall–Kier alpha value is -1.93. The summed E-state index contributed by atoms with van der Waals surface area (Å²) in [6.45, 7) is -0.203. The van der Waals surface area contributed by atoms with Crippen LogP contribution in [-0.4, -0.2) is 19.9 Å². The number of rotatable bonds is 5. The van der Waals surface area contributed by atoms with Crippen LogP contribution < -0.4 is 0 Å². The van der Waals surface area contributed by atoms with E-state index in [1.54, 1.807) is 0 Å². The lowest BCUT2D eigenvalue weighted by molar-refractivity contribution is -0.385. The van der Waals surface area contributed by atoms with Gasteiger partial charge >= 0.3 is 0 Å². The molecule has 0 N–H and O–H groups in total. The molecule has 0 aromatic heterocycles. The van der Waals surface area contributed by atoms with Crippen molar-refractivity contribution < 1.29 is 22.3 Å². The van der Waals surface area contributed by atoms with Crippen LogP contribution in [0.4, 0.5) is 5.69 Å². The second-order valence-corrected chi connectivity index (χ2v) is 4.79. The largest absolute Gasteiger partial charge is 0.460 e. The van der Waals surface area contributed by atoms with Crippen molar-refractivity contribution in [3.8, 4) is 0 Å². The van der Waals surface area contributed by atoms with Gasteiger partial charge in [0.25, 0.3) is 15.8 Å². The highest BCUT2D eigenvalue weighted by atomic mass is 32.2. The molecule has 7 nitrogen and oxygen atoms in total. The molecule has 0 fully saturated rings. The zero-order chi connectivity index (χ0) is 12.5. The molecule has 0 unspecified atom stereocenters. The summed E-state index contributed by atoms with van der Waals surface area (Å²) in [5.74, 6) is 0.416. The van der Waals surface area contributed by atoms with Gasteiger partial charge in [-0.2, -0.15) is 8.42 Å². The van der Waals surface area contributed by atoms with Crippen LogP contribution in [0.1, 0.15) is 0 Å². The molecule has 0 radical (unpaired) electrons. The smallest absolute Gasteiger partial charge is 0.297 e. The first-order valence-corrected chi connectivity index (χ1v) is 5.89. The number of nitro benzene ring substituents is 1. The minimum absolute atomic E-state index is 0.203. The highest BCUT2D eigenvalue weighted by molar-refractivity contribution is 7.86. The second-order valence-electron chi connectivity index (χ2n) is 3.17. The van der Waals surface area contributed by atoms with E-state index in [0.717, 1.165) is 6.07 Å². The van der Waals surface area contributed by atoms with E-state index in [-0.39, 0.29) is 17.2 Å². The van der Waals surface area contributed by atoms with Crippen molar-refractivity contribution >= 4 is 15.8 Å². The highest BCUT2D eigenvalue weighted by Gasteiger charge is 2.21. The zero-order valence-corrected chi connectivity index (χ0v) is 9.22. The van der Waals surface area contributed by atoms with Crippen LogP contribution in [0.25, 0.3) is 0 Å². The molecule has 0 atom stereocenters. The molecule has 2 rings (SSSR count). The third-order valence-electron chi connectivity index (χ3n) is 1.96. The van der Waals surface area contributed by atoms with E-state index in [1.807, 2.05) is 0 Å². The Morgan fingerprint density at radius 2 is 2.12 bits per heavy atom. The zero-order valence-electron chi connectivity index (χ0n) is 8.40. The molecule has 0 saturated carbocycles. The summed E-state index contributed by atoms with van der Waals surface area (Å²) < 4.78 is 32.4. The van der Waals surface area contributed by atoms with E-state index in [1.165, 1.54) is 24.5 Å². The fraction of sp³-hybridized carbons (Fsp3) is 0.111. The lowest BCUT2D eigenvalue weighted by atomic mass is 10.3. The van der Waals surface area contributed by atoms with Gasteiger partial charge in [0.1, 0.15) is 17.8 Å². The number of nitro groups is 1. The van der Waals surface area contributed by atoms with Gasteiger partial charge in [-0.05, 0) is 6.07 Å². The van der Waals surface area contributed by atoms with Crippen molar-refractivity contribution in [1.82, 2.24) is 0 Å². The standard InChI is InChI=1S/C9H7NO6S/c11-10(12)7-2-1-3-9(4-7)17(13,14)16-6-8-5-15-8/h1-5H,6H2. The van der Waals surface area contributed by atoms with Crippen LogP contribution in [0.15, 0.2) is 41.2 Å². The number of non-ortho nitro benzene ring substituents is 1. The maximum absolute atomic E-state index is 11.6. The summed E-state index contributed by atoms with van der Waals surface area (Å²) in [4.78, 5) is 9.57. The minimum Gasteiger partial charge on any atom is -0.460 e. The SMILES string of the molecule is O=[N+]([O-])c1cccc(S(=O)(=O)OCC2=CO2)c1. The molecule has 1 aliphatic rings. The molecule has 0 saturated heterocycles. The first-order valence-electron chi connectivity index (χ1n) is 4.48. The van der Waals surface area contributed by atoms with Crippen LogP contribution in [0.5, 0.6) is 0 Å². The van der Waals surface area contributed by atoms with Gasteiger partial charge in [-0.25, -0.2) is 0 Å². The monoisotopic (exact) mass is 257 g/mol. The van der Waals surface area contributed by atoms with Gasteiger partial charge in [0.2, 0.25) is 0 Å². The molecule has 1 heterocycles. The number of nitrogens with zero attached hydrogens (tertiary/aromatic N) is 1. The van der Waals surface area contributed by atoms with E-state index < -0.39 is 15.0 Å². The molecule has 0 aliphatic carbocycles. The molecule has 1 aromatic rings. The molecule has 17 heavy (non-hydrogen) atoms. The average Bonchev–Trinajstić information content (AvgIpc) is 3.10. The third-order valence-corrected chi connectivity index (χ3v) is 3.22. The molecule has 0 bridgehead atoms. The summed E-state index contributed by atoms with van der Waals surface area (Å²) in [5, 5.41) is 10.5. The molecule has 0 amide bonds. The van der Waals surface area contributed by atoms with Crippen molar-refractivity contribution in [2.75, 3.05) is 6.61 Å². The number of hydrogen-bond acceptors (Lipinski definition) is 6. The lowest BCUT2D eigenvalue weighted by Gasteiger charge is -2.02. The van der Waals surface area contributed by atoms with Gasteiger partial charge < -0.3 is 4.74 Å². The maximum Gasteiger partial charge on any atom is 0.297 e. The summed E-state index contributed by atoms with van der Waals surface area (Å²) in [6, 6.07) is 4.65. The minimum atomic E-state index is -4.00. The van der Waals surface area contributed by atoms with E-state index in [9.17, 15) is 18.5 Å². The van der Waals surface area contributed by atoms with Crippen LogP contribution >= 0.6 is 0 Å². The molecule has 1 aliphatic heterocycles. The van der Waals surface area contributed by atoms with Gasteiger partial charge in [0, 0.05) is 12.1 Å². The van der Waals surface area contributed by atoms with Gasteiger partial charge in [-0.1, -0.05) is 6.07 Å². The van der Waals surface area contributed by atoms with Crippen LogP contribution in [0.2, 0.25) is 0 Å². The van der Waals surface area contributed by atoms with Crippen LogP contribution in [-0.2, 0) is 19.0 Å². The molecule has 90 valence electrons. The summed E-state index contributed by atoms with van der Waals surface area (Å²) in [6.07, 6.45) is 1.35. The fourth-order valence-corrected chi connectivity index (χ4v) is 1.98. The van der Waals surface area contributed by atoms with E-state index >= 15 is 0 Å². The van der Waals surface area contributed by atoms with Gasteiger partial charge in [-0.15, -0.1) is 0 Å². The van der Waals surface area contributed by atoms with Gasteiger partial charge in [0.15, 0.2) is 5.76 Å². The normalized spacial score (nSPS) is 13.8. The Morgan fingerprint density at radius 1 is 1.41 bits per heavy atom. The highest BCUT2D eigenvalue weighted by Crippen LogP contribution is 2.21. The van der Waals surface area contributed by atoms with Crippen molar-refractivity contribution in [3.63, 3.8) is 0 Å². The fourth-order valence-electron chi connectivity index (χ4n) is 1.07. The predicted molar refractivity (Wildman–Crippen MR) is 55.4 cm³/mol. The van der Waals surface area contributed by atoms with Crippen LogP contribution in [0, 0.1) is 10.1 Å². The Labute approximate surface area is 96.5 Å². The Balaban J connectivity index is 2.22. The molecular formula is C9H7NO6S. The van der Waals surface area contributed by atoms with Gasteiger partial charge in [-0.3, -0.25) is 14.3 Å². The number of ether oxygens (including phenoxy) is 1. The molecular weight excluding hydrogens is 250 g/mol. The second kappa shape index (κ2) is 4.15. The van der Waals surface area contributed by atoms with Crippen molar-refractivity contribution in [3.05, 3.63) is 46.4 Å². The Bertz CT molecular complexity index is 591. The molecule has 0 spiro atoms. The topological polar surface area (TPSA) is 99.0 Å². The maximum atomic E-state index is 11.6. The first kappa shape index (κ1) is 11.6. The van der Waals surface area contributed by atoms with Gasteiger partial charge in [0.05, 0.1) is 4.92 Å². The quantitative estimate of drug-likeness (QED) is 0.446.